The predicted octanol–water partition coefficient (Wildman–Crippen LogP) is 0.733. The molecule has 0 aliphatic heterocycles. The minimum atomic E-state index is -2.22. The van der Waals surface area contributed by atoms with Crippen LogP contribution in [-0.2, 0) is 46.9 Å². The molecule has 0 amide bonds. The van der Waals surface area contributed by atoms with Crippen molar-refractivity contribution in [2.24, 2.45) is 0 Å². The molecule has 0 bridgehead atoms. The average Bonchev–Trinajstić information content (AvgIpc) is 2.74. The highest BCUT2D eigenvalue weighted by atomic mass is 28.4. The molecule has 0 aliphatic rings. The van der Waals surface area contributed by atoms with Crippen LogP contribution < -0.4 is 0 Å². The van der Waals surface area contributed by atoms with Gasteiger partial charge in [-0.1, -0.05) is 6.58 Å². The van der Waals surface area contributed by atoms with Crippen molar-refractivity contribution in [1.29, 1.82) is 0 Å². The molecule has 12 heteroatoms. The van der Waals surface area contributed by atoms with E-state index >= 15 is 0 Å². The number of hydrogen-bond acceptors (Lipinski definition) is 11. The number of carbonyl (C=O) groups excluding carboxylic acids is 3. The molecule has 0 fully saturated rings. The van der Waals surface area contributed by atoms with Gasteiger partial charge >= 0.3 is 26.5 Å². The van der Waals surface area contributed by atoms with Crippen molar-refractivity contribution < 1.29 is 52.0 Å². The number of aliphatic hydroxyl groups is 1. The van der Waals surface area contributed by atoms with Crippen LogP contribution >= 0.6 is 0 Å². The summed E-state index contributed by atoms with van der Waals surface area (Å²) < 4.78 is 36.3. The first-order valence-electron chi connectivity index (χ1n) is 10.4. The Kier molecular flexibility index (Phi) is 17.6. The van der Waals surface area contributed by atoms with Crippen LogP contribution in [0.25, 0.3) is 0 Å². The zero-order valence-electron chi connectivity index (χ0n) is 19.2. The summed E-state index contributed by atoms with van der Waals surface area (Å²) in [6, 6.07) is 0. The Balaban J connectivity index is 3.50. The van der Waals surface area contributed by atoms with Crippen molar-refractivity contribution in [1.82, 2.24) is 0 Å². The first-order chi connectivity index (χ1) is 15.2. The molecule has 0 heterocycles. The monoisotopic (exact) mass is 480 g/mol. The number of esters is 3. The van der Waals surface area contributed by atoms with Crippen molar-refractivity contribution in [2.45, 2.75) is 32.9 Å². The number of rotatable bonds is 20. The van der Waals surface area contributed by atoms with Gasteiger partial charge in [0.05, 0.1) is 59.1 Å². The lowest BCUT2D eigenvalue weighted by molar-refractivity contribution is -0.153. The van der Waals surface area contributed by atoms with E-state index in [1.54, 1.807) is 0 Å². The molecule has 11 nitrogen and oxygen atoms in total. The Morgan fingerprint density at radius 3 is 1.69 bits per heavy atom. The highest BCUT2D eigenvalue weighted by Gasteiger charge is 2.23. The summed E-state index contributed by atoms with van der Waals surface area (Å²) in [5.74, 6) is -1.68. The lowest BCUT2D eigenvalue weighted by Crippen LogP contribution is -2.37. The van der Waals surface area contributed by atoms with Gasteiger partial charge in [-0.05, 0) is 20.0 Å². The van der Waals surface area contributed by atoms with Crippen LogP contribution in [0.2, 0.25) is 13.1 Å². The molecule has 0 unspecified atom stereocenters. The molecular weight excluding hydrogens is 444 g/mol. The second kappa shape index (κ2) is 18.7. The van der Waals surface area contributed by atoms with Crippen LogP contribution in [0.15, 0.2) is 12.2 Å². The molecule has 0 saturated carbocycles. The average molecular weight is 481 g/mol. The molecule has 0 atom stereocenters. The van der Waals surface area contributed by atoms with E-state index in [2.05, 4.69) is 6.58 Å². The Hall–Kier alpha value is -1.83. The molecule has 0 spiro atoms. The van der Waals surface area contributed by atoms with E-state index in [-0.39, 0.29) is 58.1 Å². The summed E-state index contributed by atoms with van der Waals surface area (Å²) in [5, 5.41) is 8.74. The van der Waals surface area contributed by atoms with E-state index in [1.165, 1.54) is 6.92 Å². The van der Waals surface area contributed by atoms with E-state index in [0.717, 1.165) is 0 Å². The Labute approximate surface area is 190 Å². The summed E-state index contributed by atoms with van der Waals surface area (Å²) in [6.45, 7) is 10.5. The van der Waals surface area contributed by atoms with Gasteiger partial charge in [0.15, 0.2) is 0 Å². The first kappa shape index (κ1) is 30.2. The molecule has 0 aromatic rings. The largest absolute Gasteiger partial charge is 0.463 e. The minimum absolute atomic E-state index is 0.0359. The van der Waals surface area contributed by atoms with Crippen LogP contribution in [0.1, 0.15) is 19.8 Å². The molecule has 186 valence electrons. The quantitative estimate of drug-likeness (QED) is 0.0868. The third kappa shape index (κ3) is 18.9. The lowest BCUT2D eigenvalue weighted by atomic mass is 10.3. The zero-order chi connectivity index (χ0) is 24.2. The summed E-state index contributed by atoms with van der Waals surface area (Å²) in [5.41, 5.74) is 0.257. The molecule has 0 saturated heterocycles. The SMILES string of the molecule is C=C(C)C(=O)OCCOC(=O)CCC(=O)OCCOCCOCCO[Si](C)(C)OCCO. The maximum atomic E-state index is 11.6. The van der Waals surface area contributed by atoms with Gasteiger partial charge in [-0.25, -0.2) is 4.79 Å². The maximum Gasteiger partial charge on any atom is 0.333 e. The molecule has 0 radical (unpaired) electrons. The van der Waals surface area contributed by atoms with Gasteiger partial charge in [0.2, 0.25) is 0 Å². The fraction of sp³-hybridized carbons (Fsp3) is 0.750. The van der Waals surface area contributed by atoms with E-state index in [9.17, 15) is 14.4 Å². The molecule has 1 N–H and O–H groups in total. The fourth-order valence-corrected chi connectivity index (χ4v) is 3.22. The summed E-state index contributed by atoms with van der Waals surface area (Å²) in [7, 11) is -2.22. The van der Waals surface area contributed by atoms with Gasteiger partial charge in [0, 0.05) is 5.57 Å². The predicted molar refractivity (Wildman–Crippen MR) is 115 cm³/mol. The Morgan fingerprint density at radius 1 is 0.719 bits per heavy atom. The first-order valence-corrected chi connectivity index (χ1v) is 13.2. The fourth-order valence-electron chi connectivity index (χ4n) is 1.98. The van der Waals surface area contributed by atoms with E-state index < -0.39 is 26.5 Å². The van der Waals surface area contributed by atoms with Crippen LogP contribution in [0, 0.1) is 0 Å². The molecular formula is C20H36O11Si. The van der Waals surface area contributed by atoms with Gasteiger partial charge in [-0.2, -0.15) is 0 Å². The van der Waals surface area contributed by atoms with Crippen molar-refractivity contribution >= 4 is 26.5 Å². The zero-order valence-corrected chi connectivity index (χ0v) is 20.2. The number of ether oxygens (including phenoxy) is 5. The highest BCUT2D eigenvalue weighted by molar-refractivity contribution is 6.64. The van der Waals surface area contributed by atoms with E-state index in [0.29, 0.717) is 26.4 Å². The van der Waals surface area contributed by atoms with E-state index in [1.807, 2.05) is 13.1 Å². The van der Waals surface area contributed by atoms with Crippen LogP contribution in [-0.4, -0.2) is 97.6 Å². The van der Waals surface area contributed by atoms with Crippen molar-refractivity contribution in [3.8, 4) is 0 Å². The minimum Gasteiger partial charge on any atom is -0.463 e. The van der Waals surface area contributed by atoms with Gasteiger partial charge in [-0.15, -0.1) is 0 Å². The smallest absolute Gasteiger partial charge is 0.333 e. The van der Waals surface area contributed by atoms with Crippen molar-refractivity contribution in [3.63, 3.8) is 0 Å². The molecule has 0 aliphatic carbocycles. The Morgan fingerprint density at radius 2 is 1.16 bits per heavy atom. The van der Waals surface area contributed by atoms with Crippen molar-refractivity contribution in [3.05, 3.63) is 12.2 Å². The van der Waals surface area contributed by atoms with Gasteiger partial charge in [-0.3, -0.25) is 9.59 Å². The molecule has 0 aromatic heterocycles. The number of hydrogen-bond donors (Lipinski definition) is 1. The standard InChI is InChI=1S/C20H36O11Si/c1-17(2)20(24)29-15-14-28-19(23)6-5-18(22)27-13-11-25-9-10-26-12-16-31-32(3,4)30-8-7-21/h21H,1,5-16H2,2-4H3. The summed E-state index contributed by atoms with van der Waals surface area (Å²) in [6.07, 6.45) is -0.246. The maximum absolute atomic E-state index is 11.6. The van der Waals surface area contributed by atoms with Crippen molar-refractivity contribution in [2.75, 3.05) is 66.1 Å². The number of aliphatic hydroxyl groups excluding tert-OH is 1. The lowest BCUT2D eigenvalue weighted by Gasteiger charge is -2.22. The topological polar surface area (TPSA) is 136 Å². The summed E-state index contributed by atoms with van der Waals surface area (Å²) >= 11 is 0. The van der Waals surface area contributed by atoms with Crippen LogP contribution in [0.4, 0.5) is 0 Å². The van der Waals surface area contributed by atoms with E-state index in [4.69, 9.17) is 37.6 Å². The molecule has 32 heavy (non-hydrogen) atoms. The second-order valence-electron chi connectivity index (χ2n) is 6.90. The second-order valence-corrected chi connectivity index (χ2v) is 10.3. The van der Waals surface area contributed by atoms with Gasteiger partial charge in [0.1, 0.15) is 19.8 Å². The Bertz CT molecular complexity index is 566. The van der Waals surface area contributed by atoms with Gasteiger partial charge < -0.3 is 37.6 Å². The normalized spacial score (nSPS) is 11.1. The third-order valence-corrected chi connectivity index (χ3v) is 5.34. The number of carbonyl (C=O) groups is 3. The van der Waals surface area contributed by atoms with Crippen LogP contribution in [0.5, 0.6) is 0 Å². The summed E-state index contributed by atoms with van der Waals surface area (Å²) in [4.78, 5) is 34.2. The highest BCUT2D eigenvalue weighted by Crippen LogP contribution is 2.05. The van der Waals surface area contributed by atoms with Gasteiger partial charge in [0.25, 0.3) is 0 Å². The third-order valence-electron chi connectivity index (χ3n) is 3.54. The molecule has 0 aromatic carbocycles. The molecule has 0 rings (SSSR count). The van der Waals surface area contributed by atoms with Crippen LogP contribution in [0.3, 0.4) is 0 Å².